The minimum atomic E-state index is 0.0423. The molecule has 22 heavy (non-hydrogen) atoms. The Balaban J connectivity index is 1.54. The summed E-state index contributed by atoms with van der Waals surface area (Å²) in [6, 6.07) is 7.82. The molecule has 1 aromatic rings. The van der Waals surface area contributed by atoms with E-state index < -0.39 is 0 Å². The number of amides is 1. The molecule has 4 nitrogen and oxygen atoms in total. The van der Waals surface area contributed by atoms with Crippen molar-refractivity contribution >= 4 is 5.91 Å². The summed E-state index contributed by atoms with van der Waals surface area (Å²) in [7, 11) is 1.63. The molecule has 0 bridgehead atoms. The molecule has 1 aromatic carbocycles. The lowest BCUT2D eigenvalue weighted by Gasteiger charge is -2.32. The van der Waals surface area contributed by atoms with Crippen LogP contribution in [0.4, 0.5) is 0 Å². The molecule has 0 radical (unpaired) electrons. The van der Waals surface area contributed by atoms with Crippen LogP contribution in [0.2, 0.25) is 0 Å². The molecule has 1 amide bonds. The van der Waals surface area contributed by atoms with Crippen molar-refractivity contribution in [1.82, 2.24) is 5.32 Å². The van der Waals surface area contributed by atoms with Gasteiger partial charge >= 0.3 is 0 Å². The number of carbonyl (C=O) groups excluding carboxylic acids is 1. The van der Waals surface area contributed by atoms with Crippen LogP contribution in [0.3, 0.4) is 0 Å². The van der Waals surface area contributed by atoms with E-state index in [2.05, 4.69) is 5.32 Å². The van der Waals surface area contributed by atoms with Crippen molar-refractivity contribution in [1.29, 1.82) is 0 Å². The third kappa shape index (κ3) is 3.43. The van der Waals surface area contributed by atoms with Crippen LogP contribution >= 0.6 is 0 Å². The summed E-state index contributed by atoms with van der Waals surface area (Å²) in [6.07, 6.45) is 7.43. The van der Waals surface area contributed by atoms with Crippen molar-refractivity contribution in [2.75, 3.05) is 13.7 Å². The molecule has 2 fully saturated rings. The second-order valence-electron chi connectivity index (χ2n) is 6.51. The molecule has 2 aliphatic rings. The van der Waals surface area contributed by atoms with Gasteiger partial charge < -0.3 is 14.8 Å². The summed E-state index contributed by atoms with van der Waals surface area (Å²) in [4.78, 5) is 12.3. The van der Waals surface area contributed by atoms with Gasteiger partial charge in [0, 0.05) is 5.56 Å². The minimum Gasteiger partial charge on any atom is -0.496 e. The van der Waals surface area contributed by atoms with Crippen molar-refractivity contribution in [2.45, 2.75) is 56.6 Å². The van der Waals surface area contributed by atoms with Crippen LogP contribution in [-0.4, -0.2) is 31.3 Å². The normalized spacial score (nSPS) is 23.4. The summed E-state index contributed by atoms with van der Waals surface area (Å²) < 4.78 is 11.4. The molecule has 1 saturated carbocycles. The SMILES string of the molecule is COc1ccccc1CC(=O)N[C@@H]1COC2(CCCCC2)C1. The maximum Gasteiger partial charge on any atom is 0.224 e. The lowest BCUT2D eigenvalue weighted by Crippen LogP contribution is -2.38. The molecule has 120 valence electrons. The van der Waals surface area contributed by atoms with Crippen molar-refractivity contribution in [3.8, 4) is 5.75 Å². The first-order valence-electron chi connectivity index (χ1n) is 8.26. The number of carbonyl (C=O) groups is 1. The van der Waals surface area contributed by atoms with E-state index in [1.165, 1.54) is 19.3 Å². The van der Waals surface area contributed by atoms with Crippen LogP contribution < -0.4 is 10.1 Å². The van der Waals surface area contributed by atoms with Crippen LogP contribution in [0, 0.1) is 0 Å². The second kappa shape index (κ2) is 6.69. The fraction of sp³-hybridized carbons (Fsp3) is 0.611. The quantitative estimate of drug-likeness (QED) is 0.930. The second-order valence-corrected chi connectivity index (χ2v) is 6.51. The van der Waals surface area contributed by atoms with E-state index in [0.29, 0.717) is 13.0 Å². The lowest BCUT2D eigenvalue weighted by atomic mass is 9.82. The number of hydrogen-bond donors (Lipinski definition) is 1. The van der Waals surface area contributed by atoms with E-state index in [1.54, 1.807) is 7.11 Å². The zero-order valence-corrected chi connectivity index (χ0v) is 13.3. The highest BCUT2D eigenvalue weighted by Crippen LogP contribution is 2.39. The molecular formula is C18H25NO3. The predicted molar refractivity (Wildman–Crippen MR) is 85.0 cm³/mol. The number of rotatable bonds is 4. The Kier molecular flexibility index (Phi) is 4.67. The Morgan fingerprint density at radius 2 is 2.09 bits per heavy atom. The summed E-state index contributed by atoms with van der Waals surface area (Å²) in [5.41, 5.74) is 0.967. The number of hydrogen-bond acceptors (Lipinski definition) is 3. The number of para-hydroxylation sites is 1. The third-order valence-corrected chi connectivity index (χ3v) is 4.88. The van der Waals surface area contributed by atoms with Gasteiger partial charge in [-0.3, -0.25) is 4.79 Å². The number of methoxy groups -OCH3 is 1. The molecule has 1 heterocycles. The maximum absolute atomic E-state index is 12.3. The molecule has 4 heteroatoms. The Morgan fingerprint density at radius 1 is 1.32 bits per heavy atom. The molecule has 3 rings (SSSR count). The van der Waals surface area contributed by atoms with Crippen LogP contribution in [0.15, 0.2) is 24.3 Å². The topological polar surface area (TPSA) is 47.6 Å². The molecule has 1 saturated heterocycles. The number of ether oxygens (including phenoxy) is 2. The molecule has 0 aromatic heterocycles. The minimum absolute atomic E-state index is 0.0423. The smallest absolute Gasteiger partial charge is 0.224 e. The van der Waals surface area contributed by atoms with Gasteiger partial charge in [0.1, 0.15) is 5.75 Å². The van der Waals surface area contributed by atoms with Crippen LogP contribution in [0.1, 0.15) is 44.1 Å². The largest absolute Gasteiger partial charge is 0.496 e. The summed E-state index contributed by atoms with van der Waals surface area (Å²) in [5, 5.41) is 3.13. The maximum atomic E-state index is 12.3. The van der Waals surface area contributed by atoms with Crippen molar-refractivity contribution in [3.05, 3.63) is 29.8 Å². The highest BCUT2D eigenvalue weighted by atomic mass is 16.5. The van der Waals surface area contributed by atoms with Gasteiger partial charge in [0.2, 0.25) is 5.91 Å². The van der Waals surface area contributed by atoms with Gasteiger partial charge in [-0.05, 0) is 25.3 Å². The van der Waals surface area contributed by atoms with Gasteiger partial charge in [-0.25, -0.2) is 0 Å². The van der Waals surface area contributed by atoms with Gasteiger partial charge in [0.25, 0.3) is 0 Å². The Hall–Kier alpha value is -1.55. The van der Waals surface area contributed by atoms with Gasteiger partial charge in [0.15, 0.2) is 0 Å². The summed E-state index contributed by atoms with van der Waals surface area (Å²) in [6.45, 7) is 0.650. The Morgan fingerprint density at radius 3 is 2.86 bits per heavy atom. The van der Waals surface area contributed by atoms with E-state index in [1.807, 2.05) is 24.3 Å². The number of benzene rings is 1. The van der Waals surface area contributed by atoms with Crippen molar-refractivity contribution < 1.29 is 14.3 Å². The molecule has 1 atom stereocenters. The van der Waals surface area contributed by atoms with Crippen molar-refractivity contribution in [3.63, 3.8) is 0 Å². The lowest BCUT2D eigenvalue weighted by molar-refractivity contribution is -0.121. The number of nitrogens with one attached hydrogen (secondary N) is 1. The molecular weight excluding hydrogens is 278 g/mol. The molecule has 1 aliphatic carbocycles. The Labute approximate surface area is 132 Å². The highest BCUT2D eigenvalue weighted by molar-refractivity contribution is 5.79. The first-order valence-corrected chi connectivity index (χ1v) is 8.26. The average molecular weight is 303 g/mol. The summed E-state index contributed by atoms with van der Waals surface area (Å²) in [5.74, 6) is 0.815. The molecule has 1 spiro atoms. The monoisotopic (exact) mass is 303 g/mol. The van der Waals surface area contributed by atoms with E-state index in [4.69, 9.17) is 9.47 Å². The van der Waals surface area contributed by atoms with E-state index in [0.717, 1.165) is 30.6 Å². The zero-order valence-electron chi connectivity index (χ0n) is 13.3. The van der Waals surface area contributed by atoms with Crippen LogP contribution in [-0.2, 0) is 16.0 Å². The Bertz CT molecular complexity index is 523. The van der Waals surface area contributed by atoms with Crippen LogP contribution in [0.5, 0.6) is 5.75 Å². The van der Waals surface area contributed by atoms with Crippen molar-refractivity contribution in [2.24, 2.45) is 0 Å². The van der Waals surface area contributed by atoms with Gasteiger partial charge in [-0.2, -0.15) is 0 Å². The zero-order chi connectivity index (χ0) is 15.4. The van der Waals surface area contributed by atoms with Gasteiger partial charge in [0.05, 0.1) is 31.8 Å². The third-order valence-electron chi connectivity index (χ3n) is 4.88. The predicted octanol–water partition coefficient (Wildman–Crippen LogP) is 2.85. The van der Waals surface area contributed by atoms with Gasteiger partial charge in [-0.1, -0.05) is 37.5 Å². The molecule has 1 aliphatic heterocycles. The first kappa shape index (κ1) is 15.3. The molecule has 1 N–H and O–H groups in total. The molecule has 0 unspecified atom stereocenters. The average Bonchev–Trinajstić information content (AvgIpc) is 2.90. The standard InChI is InChI=1S/C18H25NO3/c1-21-16-8-4-3-7-14(16)11-17(20)19-15-12-18(22-13-15)9-5-2-6-10-18/h3-4,7-8,15H,2,5-6,9-13H2,1H3,(H,19,20)/t15-/m0/s1. The van der Waals surface area contributed by atoms with Crippen LogP contribution in [0.25, 0.3) is 0 Å². The fourth-order valence-electron chi connectivity index (χ4n) is 3.78. The van der Waals surface area contributed by atoms with Gasteiger partial charge in [-0.15, -0.1) is 0 Å². The van der Waals surface area contributed by atoms with E-state index >= 15 is 0 Å². The van der Waals surface area contributed by atoms with E-state index in [-0.39, 0.29) is 17.6 Å². The van der Waals surface area contributed by atoms with E-state index in [9.17, 15) is 4.79 Å². The highest BCUT2D eigenvalue weighted by Gasteiger charge is 2.41. The fourth-order valence-corrected chi connectivity index (χ4v) is 3.78. The summed E-state index contributed by atoms with van der Waals surface area (Å²) >= 11 is 0. The first-order chi connectivity index (χ1) is 10.7.